The predicted octanol–water partition coefficient (Wildman–Crippen LogP) is 4.64. The van der Waals surface area contributed by atoms with Crippen LogP contribution in [0.4, 0.5) is 0 Å². The van der Waals surface area contributed by atoms with Crippen LogP contribution in [0.25, 0.3) is 5.00 Å². The standard InChI is InChI=1S/C23H19ClN6S/c1-13-19(10-5-16-11-25-29(4)12-16)31-23-20(13)21(17-6-8-18(24)9-7-17)26-14(2)22-28-27-15(3)30(22)23/h6-9,11-12,14H,1-4H3/t14-/m0/s1. The smallest absolute Gasteiger partial charge is 0.162 e. The van der Waals surface area contributed by atoms with Crippen molar-refractivity contribution in [3.63, 3.8) is 0 Å². The van der Waals surface area contributed by atoms with Crippen molar-refractivity contribution in [3.05, 3.63) is 80.5 Å². The zero-order valence-corrected chi connectivity index (χ0v) is 19.1. The summed E-state index contributed by atoms with van der Waals surface area (Å²) in [6.07, 6.45) is 3.68. The number of hydrogen-bond acceptors (Lipinski definition) is 5. The molecule has 6 nitrogen and oxygen atoms in total. The Bertz CT molecular complexity index is 1390. The van der Waals surface area contributed by atoms with E-state index >= 15 is 0 Å². The van der Waals surface area contributed by atoms with Crippen LogP contribution in [0.2, 0.25) is 5.02 Å². The third-order valence-electron chi connectivity index (χ3n) is 5.26. The molecule has 0 bridgehead atoms. The molecule has 1 atom stereocenters. The maximum absolute atomic E-state index is 6.14. The first kappa shape index (κ1) is 19.7. The average Bonchev–Trinajstić information content (AvgIpc) is 3.40. The lowest BCUT2D eigenvalue weighted by Crippen LogP contribution is -2.07. The lowest BCUT2D eigenvalue weighted by Gasteiger charge is -2.09. The number of rotatable bonds is 1. The summed E-state index contributed by atoms with van der Waals surface area (Å²) in [5.41, 5.74) is 4.98. The highest BCUT2D eigenvalue weighted by Crippen LogP contribution is 2.38. The van der Waals surface area contributed by atoms with E-state index in [0.29, 0.717) is 5.02 Å². The van der Waals surface area contributed by atoms with Gasteiger partial charge in [-0.15, -0.1) is 21.5 Å². The van der Waals surface area contributed by atoms with E-state index in [-0.39, 0.29) is 6.04 Å². The second-order valence-corrected chi connectivity index (χ2v) is 8.93. The molecular weight excluding hydrogens is 428 g/mol. The molecule has 0 aliphatic carbocycles. The van der Waals surface area contributed by atoms with Crippen LogP contribution in [0.1, 0.15) is 51.7 Å². The van der Waals surface area contributed by atoms with Gasteiger partial charge in [0.25, 0.3) is 0 Å². The van der Waals surface area contributed by atoms with E-state index in [0.717, 1.165) is 49.5 Å². The fourth-order valence-electron chi connectivity index (χ4n) is 3.71. The van der Waals surface area contributed by atoms with Gasteiger partial charge in [-0.2, -0.15) is 5.10 Å². The number of nitrogens with zero attached hydrogens (tertiary/aromatic N) is 6. The van der Waals surface area contributed by atoms with E-state index in [1.165, 1.54) is 0 Å². The van der Waals surface area contributed by atoms with Crippen molar-refractivity contribution in [2.24, 2.45) is 12.0 Å². The fourth-order valence-corrected chi connectivity index (χ4v) is 5.06. The molecule has 4 heterocycles. The van der Waals surface area contributed by atoms with Crippen molar-refractivity contribution >= 4 is 28.6 Å². The first-order chi connectivity index (χ1) is 14.9. The third kappa shape index (κ3) is 3.38. The first-order valence-corrected chi connectivity index (χ1v) is 11.0. The van der Waals surface area contributed by atoms with Gasteiger partial charge in [0.05, 0.1) is 22.3 Å². The lowest BCUT2D eigenvalue weighted by atomic mass is 9.99. The minimum absolute atomic E-state index is 0.129. The molecule has 0 saturated carbocycles. The molecule has 0 fully saturated rings. The molecule has 1 aliphatic heterocycles. The SMILES string of the molecule is Cc1c(C#Cc2cnn(C)c2)sc2c1C(c1ccc(Cl)cc1)=N[C@@H](C)c1nnc(C)n1-2. The Morgan fingerprint density at radius 2 is 1.87 bits per heavy atom. The molecular formula is C23H19ClN6S. The van der Waals surface area contributed by atoms with E-state index in [2.05, 4.69) is 38.6 Å². The Hall–Kier alpha value is -3.21. The van der Waals surface area contributed by atoms with Crippen LogP contribution in [-0.4, -0.2) is 30.3 Å². The van der Waals surface area contributed by atoms with Crippen LogP contribution in [0.3, 0.4) is 0 Å². The number of aryl methyl sites for hydroxylation is 2. The molecule has 31 heavy (non-hydrogen) atoms. The maximum Gasteiger partial charge on any atom is 0.162 e. The molecule has 1 aromatic carbocycles. The van der Waals surface area contributed by atoms with Crippen molar-refractivity contribution < 1.29 is 0 Å². The van der Waals surface area contributed by atoms with E-state index in [1.54, 1.807) is 22.2 Å². The minimum atomic E-state index is -0.129. The molecule has 0 radical (unpaired) electrons. The second kappa shape index (κ2) is 7.49. The number of halogens is 1. The summed E-state index contributed by atoms with van der Waals surface area (Å²) in [5, 5.41) is 14.7. The number of aromatic nitrogens is 5. The molecule has 0 spiro atoms. The van der Waals surface area contributed by atoms with Crippen LogP contribution in [-0.2, 0) is 7.05 Å². The van der Waals surface area contributed by atoms with Crippen molar-refractivity contribution in [1.82, 2.24) is 24.5 Å². The second-order valence-electron chi connectivity index (χ2n) is 7.49. The Morgan fingerprint density at radius 3 is 2.58 bits per heavy atom. The van der Waals surface area contributed by atoms with Crippen molar-refractivity contribution in [2.75, 3.05) is 0 Å². The van der Waals surface area contributed by atoms with Gasteiger partial charge in [-0.1, -0.05) is 35.6 Å². The lowest BCUT2D eigenvalue weighted by molar-refractivity contribution is 0.724. The maximum atomic E-state index is 6.14. The molecule has 4 aromatic rings. The van der Waals surface area contributed by atoms with Crippen LogP contribution in [0.15, 0.2) is 41.7 Å². The molecule has 1 aliphatic rings. The number of hydrogen-bond donors (Lipinski definition) is 0. The van der Waals surface area contributed by atoms with Gasteiger partial charge in [0.2, 0.25) is 0 Å². The summed E-state index contributed by atoms with van der Waals surface area (Å²) in [4.78, 5) is 6.05. The molecule has 0 N–H and O–H groups in total. The monoisotopic (exact) mass is 446 g/mol. The highest BCUT2D eigenvalue weighted by molar-refractivity contribution is 7.15. The van der Waals surface area contributed by atoms with Gasteiger partial charge in [0, 0.05) is 29.4 Å². The molecule has 5 rings (SSSR count). The summed E-state index contributed by atoms with van der Waals surface area (Å²) in [7, 11) is 1.89. The van der Waals surface area contributed by atoms with Gasteiger partial charge in [0.15, 0.2) is 5.82 Å². The average molecular weight is 447 g/mol. The number of aliphatic imine (C=N–C) groups is 1. The summed E-state index contributed by atoms with van der Waals surface area (Å²) in [5.74, 6) is 8.24. The molecule has 8 heteroatoms. The Labute approximate surface area is 189 Å². The van der Waals surface area contributed by atoms with Crippen LogP contribution in [0, 0.1) is 25.7 Å². The first-order valence-electron chi connectivity index (χ1n) is 9.83. The van der Waals surface area contributed by atoms with E-state index in [1.807, 2.05) is 51.4 Å². The molecule has 0 amide bonds. The number of benzene rings is 1. The zero-order valence-electron chi connectivity index (χ0n) is 17.5. The minimum Gasteiger partial charge on any atom is -0.275 e. The van der Waals surface area contributed by atoms with Crippen molar-refractivity contribution in [2.45, 2.75) is 26.8 Å². The van der Waals surface area contributed by atoms with Gasteiger partial charge in [-0.3, -0.25) is 14.2 Å². The number of fused-ring (bicyclic) bond motifs is 3. The quantitative estimate of drug-likeness (QED) is 0.400. The third-order valence-corrected chi connectivity index (χ3v) is 6.70. The number of thiophene rings is 1. The normalized spacial score (nSPS) is 14.9. The highest BCUT2D eigenvalue weighted by atomic mass is 35.5. The van der Waals surface area contributed by atoms with Crippen molar-refractivity contribution in [3.8, 4) is 16.8 Å². The van der Waals surface area contributed by atoms with Gasteiger partial charge < -0.3 is 0 Å². The Kier molecular flexibility index (Phi) is 4.77. The molecule has 154 valence electrons. The summed E-state index contributed by atoms with van der Waals surface area (Å²) < 4.78 is 3.86. The van der Waals surface area contributed by atoms with E-state index < -0.39 is 0 Å². The van der Waals surface area contributed by atoms with E-state index in [4.69, 9.17) is 16.6 Å². The Morgan fingerprint density at radius 1 is 1.10 bits per heavy atom. The van der Waals surface area contributed by atoms with Crippen LogP contribution in [0.5, 0.6) is 0 Å². The highest BCUT2D eigenvalue weighted by Gasteiger charge is 2.29. The summed E-state index contributed by atoms with van der Waals surface area (Å²) in [6, 6.07) is 7.68. The van der Waals surface area contributed by atoms with Crippen LogP contribution >= 0.6 is 22.9 Å². The molecule has 0 unspecified atom stereocenters. The largest absolute Gasteiger partial charge is 0.275 e. The van der Waals surface area contributed by atoms with E-state index in [9.17, 15) is 0 Å². The molecule has 3 aromatic heterocycles. The fraction of sp³-hybridized carbons (Fsp3) is 0.217. The summed E-state index contributed by atoms with van der Waals surface area (Å²) >= 11 is 7.78. The zero-order chi connectivity index (χ0) is 21.7. The van der Waals surface area contributed by atoms with Gasteiger partial charge in [0.1, 0.15) is 16.9 Å². The molecule has 0 saturated heterocycles. The van der Waals surface area contributed by atoms with Gasteiger partial charge in [-0.25, -0.2) is 0 Å². The van der Waals surface area contributed by atoms with Crippen LogP contribution < -0.4 is 0 Å². The Balaban J connectivity index is 1.74. The van der Waals surface area contributed by atoms with Gasteiger partial charge >= 0.3 is 0 Å². The predicted molar refractivity (Wildman–Crippen MR) is 123 cm³/mol. The van der Waals surface area contributed by atoms with Crippen molar-refractivity contribution in [1.29, 1.82) is 0 Å². The topological polar surface area (TPSA) is 60.9 Å². The van der Waals surface area contributed by atoms with Gasteiger partial charge in [-0.05, 0) is 38.5 Å². The summed E-state index contributed by atoms with van der Waals surface area (Å²) in [6.45, 7) is 6.12.